The SMILES string of the molecule is c1ccc(Nc2nc3ccc4[nH]c5ccccc5c4c3s2)cc1. The van der Waals surface area contributed by atoms with Crippen LogP contribution in [0, 0.1) is 0 Å². The molecule has 0 radical (unpaired) electrons. The predicted molar refractivity (Wildman–Crippen MR) is 98.7 cm³/mol. The summed E-state index contributed by atoms with van der Waals surface area (Å²) < 4.78 is 1.22. The summed E-state index contributed by atoms with van der Waals surface area (Å²) in [6.07, 6.45) is 0. The van der Waals surface area contributed by atoms with Gasteiger partial charge in [0.1, 0.15) is 0 Å². The van der Waals surface area contributed by atoms with Crippen LogP contribution in [0.5, 0.6) is 0 Å². The number of thiazole rings is 1. The summed E-state index contributed by atoms with van der Waals surface area (Å²) >= 11 is 1.70. The molecule has 110 valence electrons. The molecule has 0 spiro atoms. The van der Waals surface area contributed by atoms with E-state index in [1.807, 2.05) is 30.3 Å². The van der Waals surface area contributed by atoms with Crippen LogP contribution in [0.25, 0.3) is 32.0 Å². The van der Waals surface area contributed by atoms with Gasteiger partial charge in [-0.25, -0.2) is 4.98 Å². The molecule has 2 N–H and O–H groups in total. The Bertz CT molecular complexity index is 1140. The highest BCUT2D eigenvalue weighted by molar-refractivity contribution is 7.23. The van der Waals surface area contributed by atoms with E-state index in [-0.39, 0.29) is 0 Å². The Kier molecular flexibility index (Phi) is 2.66. The number of fused-ring (bicyclic) bond motifs is 5. The number of hydrogen-bond donors (Lipinski definition) is 2. The van der Waals surface area contributed by atoms with Gasteiger partial charge in [0.2, 0.25) is 0 Å². The molecule has 0 aliphatic rings. The maximum absolute atomic E-state index is 4.74. The molecule has 0 bridgehead atoms. The predicted octanol–water partition coefficient (Wildman–Crippen LogP) is 5.67. The topological polar surface area (TPSA) is 40.7 Å². The number of rotatable bonds is 2. The van der Waals surface area contributed by atoms with E-state index in [0.29, 0.717) is 0 Å². The van der Waals surface area contributed by atoms with E-state index >= 15 is 0 Å². The van der Waals surface area contributed by atoms with E-state index in [2.05, 4.69) is 46.7 Å². The van der Waals surface area contributed by atoms with Gasteiger partial charge in [0.25, 0.3) is 0 Å². The number of H-pyrrole nitrogens is 1. The lowest BCUT2D eigenvalue weighted by molar-refractivity contribution is 1.44. The minimum atomic E-state index is 0.920. The van der Waals surface area contributed by atoms with E-state index in [1.54, 1.807) is 11.3 Å². The number of para-hydroxylation sites is 2. The zero-order chi connectivity index (χ0) is 15.2. The maximum atomic E-state index is 4.74. The molecule has 0 aliphatic heterocycles. The molecule has 2 heterocycles. The van der Waals surface area contributed by atoms with Gasteiger partial charge in [-0.3, -0.25) is 0 Å². The van der Waals surface area contributed by atoms with Crippen LogP contribution in [0.2, 0.25) is 0 Å². The Morgan fingerprint density at radius 2 is 1.65 bits per heavy atom. The fourth-order valence-corrected chi connectivity index (χ4v) is 4.06. The second-order valence-electron chi connectivity index (χ2n) is 5.52. The molecule has 0 atom stereocenters. The van der Waals surface area contributed by atoms with Crippen molar-refractivity contribution in [2.24, 2.45) is 0 Å². The number of hydrogen-bond acceptors (Lipinski definition) is 3. The normalized spacial score (nSPS) is 11.5. The average Bonchev–Trinajstić information content (AvgIpc) is 3.15. The van der Waals surface area contributed by atoms with Gasteiger partial charge < -0.3 is 10.3 Å². The standard InChI is InChI=1S/C19H13N3S/c1-2-6-12(7-3-1)20-19-22-16-11-10-15-17(18(16)23-19)13-8-4-5-9-14(13)21-15/h1-11,21H,(H,20,22). The summed E-state index contributed by atoms with van der Waals surface area (Å²) in [7, 11) is 0. The quantitative estimate of drug-likeness (QED) is 0.440. The third kappa shape index (κ3) is 1.99. The van der Waals surface area contributed by atoms with Crippen LogP contribution in [0.4, 0.5) is 10.8 Å². The smallest absolute Gasteiger partial charge is 0.188 e. The zero-order valence-electron chi connectivity index (χ0n) is 12.2. The average molecular weight is 315 g/mol. The number of anilines is 2. The molecule has 5 rings (SSSR count). The van der Waals surface area contributed by atoms with Gasteiger partial charge in [0.05, 0.1) is 10.2 Å². The van der Waals surface area contributed by atoms with Crippen LogP contribution < -0.4 is 5.32 Å². The summed E-state index contributed by atoms with van der Waals surface area (Å²) in [5.41, 5.74) is 4.42. The van der Waals surface area contributed by atoms with E-state index in [9.17, 15) is 0 Å². The van der Waals surface area contributed by atoms with Crippen LogP contribution in [0.3, 0.4) is 0 Å². The second kappa shape index (κ2) is 4.83. The third-order valence-corrected chi connectivity index (χ3v) is 5.05. The minimum absolute atomic E-state index is 0.920. The highest BCUT2D eigenvalue weighted by atomic mass is 32.1. The Hall–Kier alpha value is -2.85. The Morgan fingerprint density at radius 3 is 2.57 bits per heavy atom. The molecule has 0 unspecified atom stereocenters. The summed E-state index contributed by atoms with van der Waals surface area (Å²) in [5.74, 6) is 0. The van der Waals surface area contributed by atoms with Crippen LogP contribution in [0.15, 0.2) is 66.7 Å². The molecule has 0 saturated heterocycles. The second-order valence-corrected chi connectivity index (χ2v) is 6.52. The van der Waals surface area contributed by atoms with Gasteiger partial charge in [0, 0.05) is 27.5 Å². The van der Waals surface area contributed by atoms with Crippen LogP contribution >= 0.6 is 11.3 Å². The lowest BCUT2D eigenvalue weighted by atomic mass is 10.1. The molecule has 3 nitrogen and oxygen atoms in total. The van der Waals surface area contributed by atoms with Crippen molar-refractivity contribution in [1.82, 2.24) is 9.97 Å². The molecule has 2 aromatic heterocycles. The van der Waals surface area contributed by atoms with Crippen molar-refractivity contribution in [1.29, 1.82) is 0 Å². The monoisotopic (exact) mass is 315 g/mol. The van der Waals surface area contributed by atoms with E-state index < -0.39 is 0 Å². The molecule has 0 aliphatic carbocycles. The number of aromatic amines is 1. The Labute approximate surface area is 136 Å². The van der Waals surface area contributed by atoms with Crippen molar-refractivity contribution >= 4 is 54.2 Å². The number of nitrogens with zero attached hydrogens (tertiary/aromatic N) is 1. The van der Waals surface area contributed by atoms with Crippen molar-refractivity contribution in [2.75, 3.05) is 5.32 Å². The first-order chi connectivity index (χ1) is 11.4. The fourth-order valence-electron chi connectivity index (χ4n) is 3.02. The number of nitrogens with one attached hydrogen (secondary N) is 2. The summed E-state index contributed by atoms with van der Waals surface area (Å²) in [6, 6.07) is 22.8. The van der Waals surface area contributed by atoms with Crippen LogP contribution in [0.1, 0.15) is 0 Å². The van der Waals surface area contributed by atoms with Gasteiger partial charge in [-0.2, -0.15) is 0 Å². The largest absolute Gasteiger partial charge is 0.354 e. The molecule has 4 heteroatoms. The van der Waals surface area contributed by atoms with Crippen LogP contribution in [-0.2, 0) is 0 Å². The molecule has 0 fully saturated rings. The number of aromatic nitrogens is 2. The first-order valence-electron chi connectivity index (χ1n) is 7.50. The van der Waals surface area contributed by atoms with E-state index in [0.717, 1.165) is 21.9 Å². The molecular weight excluding hydrogens is 302 g/mol. The van der Waals surface area contributed by atoms with Gasteiger partial charge in [0.15, 0.2) is 5.13 Å². The van der Waals surface area contributed by atoms with Gasteiger partial charge >= 0.3 is 0 Å². The summed E-state index contributed by atoms with van der Waals surface area (Å²) in [4.78, 5) is 8.23. The molecule has 0 amide bonds. The Balaban J connectivity index is 1.74. The van der Waals surface area contributed by atoms with Crippen LogP contribution in [-0.4, -0.2) is 9.97 Å². The summed E-state index contributed by atoms with van der Waals surface area (Å²) in [5, 5.41) is 6.83. The van der Waals surface area contributed by atoms with E-state index in [1.165, 1.54) is 21.0 Å². The van der Waals surface area contributed by atoms with Crippen molar-refractivity contribution < 1.29 is 0 Å². The molecule has 5 aromatic rings. The first kappa shape index (κ1) is 12.7. The molecular formula is C19H13N3S. The lowest BCUT2D eigenvalue weighted by Crippen LogP contribution is -1.87. The van der Waals surface area contributed by atoms with Gasteiger partial charge in [-0.05, 0) is 30.3 Å². The first-order valence-corrected chi connectivity index (χ1v) is 8.32. The third-order valence-electron chi connectivity index (χ3n) is 4.05. The van der Waals surface area contributed by atoms with Crippen molar-refractivity contribution in [3.63, 3.8) is 0 Å². The number of benzene rings is 3. The van der Waals surface area contributed by atoms with E-state index in [4.69, 9.17) is 4.98 Å². The molecule has 0 saturated carbocycles. The highest BCUT2D eigenvalue weighted by Crippen LogP contribution is 2.37. The van der Waals surface area contributed by atoms with Crippen molar-refractivity contribution in [3.8, 4) is 0 Å². The van der Waals surface area contributed by atoms with Crippen molar-refractivity contribution in [3.05, 3.63) is 66.7 Å². The highest BCUT2D eigenvalue weighted by Gasteiger charge is 2.12. The summed E-state index contributed by atoms with van der Waals surface area (Å²) in [6.45, 7) is 0. The van der Waals surface area contributed by atoms with Gasteiger partial charge in [-0.15, -0.1) is 0 Å². The lowest BCUT2D eigenvalue weighted by Gasteiger charge is -1.99. The minimum Gasteiger partial charge on any atom is -0.354 e. The molecule has 3 aromatic carbocycles. The molecule has 23 heavy (non-hydrogen) atoms. The maximum Gasteiger partial charge on any atom is 0.188 e. The zero-order valence-corrected chi connectivity index (χ0v) is 13.0. The fraction of sp³-hybridized carbons (Fsp3) is 0. The van der Waals surface area contributed by atoms with Gasteiger partial charge in [-0.1, -0.05) is 47.7 Å². The van der Waals surface area contributed by atoms with Crippen molar-refractivity contribution in [2.45, 2.75) is 0 Å². The Morgan fingerprint density at radius 1 is 0.826 bits per heavy atom.